The van der Waals surface area contributed by atoms with Crippen molar-refractivity contribution >= 4 is 5.91 Å². The van der Waals surface area contributed by atoms with Gasteiger partial charge in [-0.1, -0.05) is 47.5 Å². The highest BCUT2D eigenvalue weighted by molar-refractivity contribution is 5.84. The van der Waals surface area contributed by atoms with Crippen LogP contribution in [0.25, 0.3) is 0 Å². The summed E-state index contributed by atoms with van der Waals surface area (Å²) in [4.78, 5) is 15.0. The first-order chi connectivity index (χ1) is 9.89. The first kappa shape index (κ1) is 16.8. The van der Waals surface area contributed by atoms with E-state index in [9.17, 15) is 4.79 Å². The third-order valence-electron chi connectivity index (χ3n) is 5.49. The van der Waals surface area contributed by atoms with Gasteiger partial charge in [0, 0.05) is 6.54 Å². The van der Waals surface area contributed by atoms with Crippen LogP contribution >= 0.6 is 0 Å². The van der Waals surface area contributed by atoms with Crippen molar-refractivity contribution in [1.29, 1.82) is 0 Å². The highest BCUT2D eigenvalue weighted by Crippen LogP contribution is 2.52. The molecule has 1 heterocycles. The van der Waals surface area contributed by atoms with E-state index in [1.54, 1.807) is 0 Å². The Morgan fingerprint density at radius 1 is 1.29 bits per heavy atom. The van der Waals surface area contributed by atoms with Crippen LogP contribution in [-0.2, 0) is 4.79 Å². The lowest BCUT2D eigenvalue weighted by Gasteiger charge is -2.31. The van der Waals surface area contributed by atoms with E-state index in [-0.39, 0.29) is 12.2 Å². The molecule has 0 bridgehead atoms. The standard InChI is InChI=1S/C18H34N2O/c1-6-7-8-15-17(21)20(16(19-15)11-13(2)3)12-18(9-10-18)14(4)5/h13-16,19H,6-12H2,1-5H3. The lowest BCUT2D eigenvalue weighted by atomic mass is 9.91. The molecule has 21 heavy (non-hydrogen) atoms. The highest BCUT2D eigenvalue weighted by Gasteiger charge is 2.50. The van der Waals surface area contributed by atoms with E-state index in [2.05, 4.69) is 44.8 Å². The summed E-state index contributed by atoms with van der Waals surface area (Å²) in [5.74, 6) is 1.66. The molecule has 2 unspecified atom stereocenters. The lowest BCUT2D eigenvalue weighted by molar-refractivity contribution is -0.131. The van der Waals surface area contributed by atoms with Crippen LogP contribution in [0.5, 0.6) is 0 Å². The summed E-state index contributed by atoms with van der Waals surface area (Å²) >= 11 is 0. The minimum Gasteiger partial charge on any atom is -0.325 e. The van der Waals surface area contributed by atoms with Gasteiger partial charge in [-0.25, -0.2) is 0 Å². The Hall–Kier alpha value is -0.570. The zero-order chi connectivity index (χ0) is 15.6. The molecular weight excluding hydrogens is 260 g/mol. The molecular formula is C18H34N2O. The largest absolute Gasteiger partial charge is 0.325 e. The predicted octanol–water partition coefficient (Wildman–Crippen LogP) is 3.79. The van der Waals surface area contributed by atoms with Gasteiger partial charge in [0.2, 0.25) is 5.91 Å². The van der Waals surface area contributed by atoms with E-state index in [4.69, 9.17) is 0 Å². The topological polar surface area (TPSA) is 32.3 Å². The maximum Gasteiger partial charge on any atom is 0.241 e. The van der Waals surface area contributed by atoms with Gasteiger partial charge in [-0.2, -0.15) is 0 Å². The van der Waals surface area contributed by atoms with Crippen LogP contribution in [0.3, 0.4) is 0 Å². The van der Waals surface area contributed by atoms with E-state index >= 15 is 0 Å². The van der Waals surface area contributed by atoms with Gasteiger partial charge in [-0.3, -0.25) is 10.1 Å². The van der Waals surface area contributed by atoms with Crippen LogP contribution in [0, 0.1) is 17.3 Å². The maximum absolute atomic E-state index is 12.8. The first-order valence-corrected chi connectivity index (χ1v) is 8.96. The number of hydrogen-bond donors (Lipinski definition) is 1. The summed E-state index contributed by atoms with van der Waals surface area (Å²) in [5.41, 5.74) is 0.409. The Morgan fingerprint density at radius 3 is 2.43 bits per heavy atom. The number of carbonyl (C=O) groups is 1. The summed E-state index contributed by atoms with van der Waals surface area (Å²) in [6.07, 6.45) is 7.22. The van der Waals surface area contributed by atoms with Crippen molar-refractivity contribution in [3.8, 4) is 0 Å². The van der Waals surface area contributed by atoms with Crippen molar-refractivity contribution in [2.45, 2.75) is 85.4 Å². The number of carbonyl (C=O) groups excluding carboxylic acids is 1. The molecule has 122 valence electrons. The quantitative estimate of drug-likeness (QED) is 0.739. The zero-order valence-electron chi connectivity index (χ0n) is 14.6. The molecule has 2 fully saturated rings. The molecule has 0 radical (unpaired) electrons. The van der Waals surface area contributed by atoms with Gasteiger partial charge in [-0.15, -0.1) is 0 Å². The molecule has 1 aliphatic heterocycles. The summed E-state index contributed by atoms with van der Waals surface area (Å²) < 4.78 is 0. The average molecular weight is 294 g/mol. The highest BCUT2D eigenvalue weighted by atomic mass is 16.2. The fourth-order valence-electron chi connectivity index (χ4n) is 3.61. The Balaban J connectivity index is 2.05. The van der Waals surface area contributed by atoms with Gasteiger partial charge in [0.25, 0.3) is 0 Å². The number of rotatable bonds is 8. The van der Waals surface area contributed by atoms with Gasteiger partial charge in [0.1, 0.15) is 0 Å². The molecule has 3 heteroatoms. The van der Waals surface area contributed by atoms with E-state index in [1.807, 2.05) is 0 Å². The number of nitrogens with zero attached hydrogens (tertiary/aromatic N) is 1. The molecule has 0 aromatic rings. The SMILES string of the molecule is CCCCC1NC(CC(C)C)N(CC2(C(C)C)CC2)C1=O. The second-order valence-corrected chi connectivity index (χ2v) is 7.99. The van der Waals surface area contributed by atoms with Gasteiger partial charge in [-0.05, 0) is 42.9 Å². The van der Waals surface area contributed by atoms with Gasteiger partial charge in [0.05, 0.1) is 12.2 Å². The fourth-order valence-corrected chi connectivity index (χ4v) is 3.61. The lowest BCUT2D eigenvalue weighted by Crippen LogP contribution is -2.42. The second kappa shape index (κ2) is 6.68. The Morgan fingerprint density at radius 2 is 1.95 bits per heavy atom. The normalized spacial score (nSPS) is 28.0. The average Bonchev–Trinajstić information content (AvgIpc) is 3.14. The van der Waals surface area contributed by atoms with Crippen LogP contribution in [0.4, 0.5) is 0 Å². The molecule has 0 aromatic carbocycles. The number of unbranched alkanes of at least 4 members (excludes halogenated alkanes) is 1. The van der Waals surface area contributed by atoms with Crippen molar-refractivity contribution in [3.05, 3.63) is 0 Å². The van der Waals surface area contributed by atoms with E-state index in [0.717, 1.165) is 32.2 Å². The minimum atomic E-state index is 0.0664. The molecule has 0 spiro atoms. The van der Waals surface area contributed by atoms with E-state index < -0.39 is 0 Å². The second-order valence-electron chi connectivity index (χ2n) is 7.99. The third kappa shape index (κ3) is 3.80. The zero-order valence-corrected chi connectivity index (χ0v) is 14.6. The fraction of sp³-hybridized carbons (Fsp3) is 0.944. The molecule has 0 aromatic heterocycles. The van der Waals surface area contributed by atoms with E-state index in [0.29, 0.717) is 23.2 Å². The molecule has 3 nitrogen and oxygen atoms in total. The van der Waals surface area contributed by atoms with Crippen LogP contribution in [0.2, 0.25) is 0 Å². The first-order valence-electron chi connectivity index (χ1n) is 8.96. The molecule has 1 amide bonds. The minimum absolute atomic E-state index is 0.0664. The Labute approximate surface area is 130 Å². The number of amides is 1. The summed E-state index contributed by atoms with van der Waals surface area (Å²) in [6, 6.07) is 0.0664. The smallest absolute Gasteiger partial charge is 0.241 e. The maximum atomic E-state index is 12.8. The number of nitrogens with one attached hydrogen (secondary N) is 1. The van der Waals surface area contributed by atoms with E-state index in [1.165, 1.54) is 12.8 Å². The van der Waals surface area contributed by atoms with Crippen LogP contribution in [-0.4, -0.2) is 29.6 Å². The molecule has 1 saturated carbocycles. The Bertz CT molecular complexity index is 360. The van der Waals surface area contributed by atoms with Crippen LogP contribution in [0.15, 0.2) is 0 Å². The molecule has 1 N–H and O–H groups in total. The van der Waals surface area contributed by atoms with Gasteiger partial charge < -0.3 is 4.90 Å². The van der Waals surface area contributed by atoms with Crippen molar-refractivity contribution in [3.63, 3.8) is 0 Å². The van der Waals surface area contributed by atoms with Crippen LogP contribution < -0.4 is 5.32 Å². The van der Waals surface area contributed by atoms with Crippen molar-refractivity contribution in [2.24, 2.45) is 17.3 Å². The number of hydrogen-bond acceptors (Lipinski definition) is 2. The molecule has 2 atom stereocenters. The summed E-state index contributed by atoms with van der Waals surface area (Å²) in [7, 11) is 0. The molecule has 2 aliphatic rings. The summed E-state index contributed by atoms with van der Waals surface area (Å²) in [5, 5.41) is 3.62. The van der Waals surface area contributed by atoms with Crippen LogP contribution in [0.1, 0.15) is 73.1 Å². The van der Waals surface area contributed by atoms with Gasteiger partial charge >= 0.3 is 0 Å². The monoisotopic (exact) mass is 294 g/mol. The molecule has 1 aliphatic carbocycles. The third-order valence-corrected chi connectivity index (χ3v) is 5.49. The Kier molecular flexibility index (Phi) is 5.34. The van der Waals surface area contributed by atoms with Crippen molar-refractivity contribution < 1.29 is 4.79 Å². The van der Waals surface area contributed by atoms with Crippen molar-refractivity contribution in [2.75, 3.05) is 6.54 Å². The van der Waals surface area contributed by atoms with Crippen molar-refractivity contribution in [1.82, 2.24) is 10.2 Å². The molecule has 2 rings (SSSR count). The predicted molar refractivity (Wildman–Crippen MR) is 87.9 cm³/mol. The molecule has 1 saturated heterocycles. The summed E-state index contributed by atoms with van der Waals surface area (Å²) in [6.45, 7) is 12.3. The van der Waals surface area contributed by atoms with Gasteiger partial charge in [0.15, 0.2) is 0 Å².